The van der Waals surface area contributed by atoms with Crippen LogP contribution in [-0.2, 0) is 28.1 Å². The topological polar surface area (TPSA) is 90.0 Å². The lowest BCUT2D eigenvalue weighted by atomic mass is 10.0. The molecule has 0 heterocycles. The number of hydrogen-bond acceptors (Lipinski definition) is 7. The van der Waals surface area contributed by atoms with Gasteiger partial charge in [0, 0.05) is 23.5 Å². The normalized spacial score (nSPS) is 12.5. The molecule has 0 rings (SSSR count). The molecule has 0 aromatic carbocycles. The van der Waals surface area contributed by atoms with E-state index < -0.39 is 9.05 Å². The zero-order valence-electron chi connectivity index (χ0n) is 37.4. The summed E-state index contributed by atoms with van der Waals surface area (Å²) in [5.41, 5.74) is 0. The second-order valence-corrected chi connectivity index (χ2v) is 19.7. The van der Waals surface area contributed by atoms with Gasteiger partial charge in [-0.1, -0.05) is 163 Å². The van der Waals surface area contributed by atoms with Gasteiger partial charge in [-0.25, -0.2) is 8.42 Å². The number of esters is 2. The minimum atomic E-state index is -3.48. The minimum Gasteiger partial charge on any atom is -0.462 e. The highest BCUT2D eigenvalue weighted by atomic mass is 35.7. The summed E-state index contributed by atoms with van der Waals surface area (Å²) in [5, 5.41) is 0. The lowest BCUT2D eigenvalue weighted by molar-refractivity contribution is -0.150. The molecule has 0 spiro atoms. The Balaban J connectivity index is 4.36. The van der Waals surface area contributed by atoms with Crippen LogP contribution in [-0.4, -0.2) is 62.9 Å². The SMILES string of the molecule is CCCCCCCCC(CC)OC(=O)CCCCCCCN(CCCCCCCC(=O)OC(CCCCCCCC)CCCCCCCC)CCCS(=O)(=O)Cl. The maximum absolute atomic E-state index is 12.8. The Bertz CT molecular complexity index is 964. The molecule has 0 saturated carbocycles. The van der Waals surface area contributed by atoms with Crippen LogP contribution < -0.4 is 0 Å². The highest BCUT2D eigenvalue weighted by Crippen LogP contribution is 2.19. The van der Waals surface area contributed by atoms with Gasteiger partial charge in [0.1, 0.15) is 12.2 Å². The van der Waals surface area contributed by atoms with Crippen molar-refractivity contribution in [1.29, 1.82) is 0 Å². The first-order valence-corrected chi connectivity index (χ1v) is 26.7. The molecule has 56 heavy (non-hydrogen) atoms. The largest absolute Gasteiger partial charge is 0.462 e. The third-order valence-corrected chi connectivity index (χ3v) is 12.5. The highest BCUT2D eigenvalue weighted by Gasteiger charge is 2.15. The quantitative estimate of drug-likeness (QED) is 0.0343. The number of hydrogen-bond donors (Lipinski definition) is 0. The smallest absolute Gasteiger partial charge is 0.306 e. The summed E-state index contributed by atoms with van der Waals surface area (Å²) >= 11 is 0. The van der Waals surface area contributed by atoms with Crippen LogP contribution in [0.2, 0.25) is 0 Å². The van der Waals surface area contributed by atoms with Gasteiger partial charge in [0.05, 0.1) is 5.75 Å². The molecule has 0 aromatic rings. The number of carbonyl (C=O) groups is 2. The number of unbranched alkanes of at least 4 members (excludes halogenated alkanes) is 23. The molecule has 0 bridgehead atoms. The van der Waals surface area contributed by atoms with Crippen molar-refractivity contribution in [3.63, 3.8) is 0 Å². The van der Waals surface area contributed by atoms with Crippen LogP contribution in [0.3, 0.4) is 0 Å². The maximum atomic E-state index is 12.8. The first-order valence-electron chi connectivity index (χ1n) is 24.2. The monoisotopic (exact) mass is 834 g/mol. The molecule has 0 fully saturated rings. The van der Waals surface area contributed by atoms with Gasteiger partial charge in [-0.3, -0.25) is 9.59 Å². The molecular weight excluding hydrogens is 742 g/mol. The molecule has 0 N–H and O–H groups in total. The number of nitrogens with zero attached hydrogens (tertiary/aromatic N) is 1. The van der Waals surface area contributed by atoms with Gasteiger partial charge in [-0.2, -0.15) is 0 Å². The summed E-state index contributed by atoms with van der Waals surface area (Å²) in [7, 11) is 2.01. The minimum absolute atomic E-state index is 0.00781. The molecule has 0 radical (unpaired) electrons. The predicted octanol–water partition coefficient (Wildman–Crippen LogP) is 14.4. The van der Waals surface area contributed by atoms with E-state index in [1.807, 2.05) is 0 Å². The Morgan fingerprint density at radius 1 is 0.446 bits per heavy atom. The molecule has 1 unspecified atom stereocenters. The van der Waals surface area contributed by atoms with Crippen LogP contribution in [0.25, 0.3) is 0 Å². The fourth-order valence-corrected chi connectivity index (χ4v) is 8.42. The van der Waals surface area contributed by atoms with Gasteiger partial charge in [0.15, 0.2) is 0 Å². The second kappa shape index (κ2) is 40.9. The van der Waals surface area contributed by atoms with Crippen molar-refractivity contribution in [2.24, 2.45) is 0 Å². The van der Waals surface area contributed by atoms with Crippen LogP contribution >= 0.6 is 10.7 Å². The molecule has 334 valence electrons. The number of carbonyl (C=O) groups excluding carboxylic acids is 2. The summed E-state index contributed by atoms with van der Waals surface area (Å²) in [6.45, 7) is 11.5. The lowest BCUT2D eigenvalue weighted by Crippen LogP contribution is -2.28. The fraction of sp³-hybridized carbons (Fsp3) is 0.957. The molecule has 1 atom stereocenters. The molecule has 0 amide bonds. The number of halogens is 1. The zero-order chi connectivity index (χ0) is 41.4. The van der Waals surface area contributed by atoms with Crippen LogP contribution in [0.4, 0.5) is 0 Å². The Morgan fingerprint density at radius 3 is 1.16 bits per heavy atom. The van der Waals surface area contributed by atoms with Crippen LogP contribution in [0.1, 0.15) is 252 Å². The summed E-state index contributed by atoms with van der Waals surface area (Å²) < 4.78 is 34.8. The third kappa shape index (κ3) is 39.9. The summed E-state index contributed by atoms with van der Waals surface area (Å²) in [4.78, 5) is 27.6. The van der Waals surface area contributed by atoms with Gasteiger partial charge in [0.25, 0.3) is 0 Å². The van der Waals surface area contributed by atoms with E-state index in [2.05, 4.69) is 32.6 Å². The van der Waals surface area contributed by atoms with Gasteiger partial charge in [0.2, 0.25) is 9.05 Å². The lowest BCUT2D eigenvalue weighted by Gasteiger charge is -2.22. The van der Waals surface area contributed by atoms with E-state index in [-0.39, 0.29) is 29.9 Å². The van der Waals surface area contributed by atoms with Crippen LogP contribution in [0, 0.1) is 0 Å². The van der Waals surface area contributed by atoms with E-state index >= 15 is 0 Å². The highest BCUT2D eigenvalue weighted by molar-refractivity contribution is 8.13. The van der Waals surface area contributed by atoms with E-state index in [0.717, 1.165) is 129 Å². The van der Waals surface area contributed by atoms with Crippen molar-refractivity contribution < 1.29 is 27.5 Å². The summed E-state index contributed by atoms with van der Waals surface area (Å²) in [6.07, 6.45) is 38.7. The van der Waals surface area contributed by atoms with Gasteiger partial charge in [-0.15, -0.1) is 0 Å². The van der Waals surface area contributed by atoms with Crippen LogP contribution in [0.5, 0.6) is 0 Å². The van der Waals surface area contributed by atoms with E-state index in [4.69, 9.17) is 20.2 Å². The standard InChI is InChI=1S/C47H92ClNO6S/c1-5-9-12-15-20-27-35-44(8-4)54-46(50)38-30-23-18-25-32-40-49(42-34-43-56(48,52)53)41-33-26-19-24-31-39-47(51)55-45(36-28-21-16-13-10-6-2)37-29-22-17-14-11-7-3/h44-45H,5-43H2,1-4H3. The average Bonchev–Trinajstić information content (AvgIpc) is 3.16. The maximum Gasteiger partial charge on any atom is 0.306 e. The fourth-order valence-electron chi connectivity index (χ4n) is 7.62. The first kappa shape index (κ1) is 55.1. The molecule has 0 aliphatic rings. The summed E-state index contributed by atoms with van der Waals surface area (Å²) in [6, 6.07) is 0. The van der Waals surface area contributed by atoms with Crippen molar-refractivity contribution in [3.8, 4) is 0 Å². The van der Waals surface area contributed by atoms with Crippen LogP contribution in [0.15, 0.2) is 0 Å². The van der Waals surface area contributed by atoms with Gasteiger partial charge < -0.3 is 14.4 Å². The zero-order valence-corrected chi connectivity index (χ0v) is 39.0. The Morgan fingerprint density at radius 2 is 0.768 bits per heavy atom. The molecule has 9 heteroatoms. The third-order valence-electron chi connectivity index (χ3n) is 11.3. The van der Waals surface area contributed by atoms with E-state index in [0.29, 0.717) is 19.3 Å². The molecule has 0 saturated heterocycles. The van der Waals surface area contributed by atoms with Crippen molar-refractivity contribution >= 4 is 31.7 Å². The molecule has 0 aromatic heterocycles. The predicted molar refractivity (Wildman–Crippen MR) is 240 cm³/mol. The molecular formula is C47H92ClNO6S. The van der Waals surface area contributed by atoms with E-state index in [1.165, 1.54) is 96.3 Å². The van der Waals surface area contributed by atoms with E-state index in [1.54, 1.807) is 0 Å². The van der Waals surface area contributed by atoms with Crippen molar-refractivity contribution in [2.75, 3.05) is 25.4 Å². The Hall–Kier alpha value is -0.860. The van der Waals surface area contributed by atoms with E-state index in [9.17, 15) is 18.0 Å². The average molecular weight is 835 g/mol. The molecule has 0 aliphatic carbocycles. The van der Waals surface area contributed by atoms with Crippen molar-refractivity contribution in [2.45, 2.75) is 265 Å². The molecule has 7 nitrogen and oxygen atoms in total. The second-order valence-electron chi connectivity index (χ2n) is 16.8. The summed E-state index contributed by atoms with van der Waals surface area (Å²) in [5.74, 6) is -0.0564. The first-order chi connectivity index (χ1) is 27.1. The Kier molecular flexibility index (Phi) is 40.3. The number of ether oxygens (including phenoxy) is 2. The van der Waals surface area contributed by atoms with Crippen molar-refractivity contribution in [3.05, 3.63) is 0 Å². The van der Waals surface area contributed by atoms with Crippen molar-refractivity contribution in [1.82, 2.24) is 4.90 Å². The molecule has 0 aliphatic heterocycles. The Labute approximate surface area is 352 Å². The van der Waals surface area contributed by atoms with Gasteiger partial charge in [-0.05, 0) is 96.7 Å². The number of rotatable bonds is 44. The van der Waals surface area contributed by atoms with Gasteiger partial charge >= 0.3 is 11.9 Å².